The van der Waals surface area contributed by atoms with E-state index in [1.807, 2.05) is 36.6 Å². The van der Waals surface area contributed by atoms with E-state index in [-0.39, 0.29) is 5.88 Å². The second kappa shape index (κ2) is 5.87. The summed E-state index contributed by atoms with van der Waals surface area (Å²) in [6.45, 7) is 4.10. The fourth-order valence-electron chi connectivity index (χ4n) is 2.36. The van der Waals surface area contributed by atoms with E-state index in [4.69, 9.17) is 11.6 Å². The van der Waals surface area contributed by atoms with Crippen LogP contribution < -0.4 is 4.72 Å². The molecule has 0 saturated carbocycles. The topological polar surface area (TPSA) is 64.0 Å². The monoisotopic (exact) mass is 393 g/mol. The largest absolute Gasteiger partial charge is 0.325 e. The molecule has 21 heavy (non-hydrogen) atoms. The second-order valence-electron chi connectivity index (χ2n) is 5.64. The first-order valence-corrected chi connectivity index (χ1v) is 9.53. The van der Waals surface area contributed by atoms with Gasteiger partial charge in [0.25, 0.3) is 0 Å². The molecule has 0 aliphatic rings. The van der Waals surface area contributed by atoms with Gasteiger partial charge < -0.3 is 4.57 Å². The lowest BCUT2D eigenvalue weighted by Crippen LogP contribution is -2.46. The highest BCUT2D eigenvalue weighted by atomic mass is 79.9. The number of halogens is 2. The summed E-state index contributed by atoms with van der Waals surface area (Å²) in [6.07, 6.45) is 1.15. The fraction of sp³-hybridized carbons (Fsp3) is 0.462. The molecule has 0 radical (unpaired) electrons. The average molecular weight is 395 g/mol. The predicted octanol–water partition coefficient (Wildman–Crippen LogP) is 2.87. The van der Waals surface area contributed by atoms with Crippen LogP contribution in [0.25, 0.3) is 11.0 Å². The van der Waals surface area contributed by atoms with Gasteiger partial charge in [-0.25, -0.2) is 18.1 Å². The Labute approximate surface area is 137 Å². The second-order valence-corrected chi connectivity index (χ2v) is 8.57. The fourth-order valence-corrected chi connectivity index (χ4v) is 3.98. The molecule has 0 unspecified atom stereocenters. The number of benzene rings is 1. The minimum atomic E-state index is -3.29. The first-order valence-electron chi connectivity index (χ1n) is 6.31. The first-order chi connectivity index (χ1) is 9.61. The van der Waals surface area contributed by atoms with Gasteiger partial charge in [0.1, 0.15) is 5.82 Å². The lowest BCUT2D eigenvalue weighted by atomic mass is 10.1. The van der Waals surface area contributed by atoms with Crippen LogP contribution in [0.4, 0.5) is 0 Å². The molecule has 0 atom stereocenters. The summed E-state index contributed by atoms with van der Waals surface area (Å²) in [7, 11) is -3.29. The van der Waals surface area contributed by atoms with Crippen LogP contribution >= 0.6 is 27.5 Å². The molecular formula is C13H17BrClN3O2S. The van der Waals surface area contributed by atoms with Gasteiger partial charge in [-0.1, -0.05) is 15.9 Å². The van der Waals surface area contributed by atoms with Crippen LogP contribution in [0.2, 0.25) is 0 Å². The van der Waals surface area contributed by atoms with E-state index in [2.05, 4.69) is 25.6 Å². The van der Waals surface area contributed by atoms with Crippen molar-refractivity contribution >= 4 is 48.6 Å². The van der Waals surface area contributed by atoms with E-state index in [0.29, 0.717) is 12.4 Å². The number of sulfonamides is 1. The van der Waals surface area contributed by atoms with Crippen molar-refractivity contribution in [2.24, 2.45) is 0 Å². The third-order valence-electron chi connectivity index (χ3n) is 2.92. The summed E-state index contributed by atoms with van der Waals surface area (Å²) in [5.41, 5.74) is 1.11. The molecule has 1 aromatic carbocycles. The Kier molecular flexibility index (Phi) is 4.68. The molecule has 0 saturated heterocycles. The van der Waals surface area contributed by atoms with Crippen molar-refractivity contribution in [1.29, 1.82) is 0 Å². The third-order valence-corrected chi connectivity index (χ3v) is 4.58. The highest BCUT2D eigenvalue weighted by Crippen LogP contribution is 2.23. The molecule has 0 fully saturated rings. The Hall–Kier alpha value is -0.630. The lowest BCUT2D eigenvalue weighted by Gasteiger charge is -2.26. The minimum Gasteiger partial charge on any atom is -0.325 e. The zero-order valence-corrected chi connectivity index (χ0v) is 15.2. The van der Waals surface area contributed by atoms with Crippen molar-refractivity contribution < 1.29 is 8.42 Å². The van der Waals surface area contributed by atoms with Crippen molar-refractivity contribution in [1.82, 2.24) is 14.3 Å². The zero-order chi connectivity index (χ0) is 15.8. The van der Waals surface area contributed by atoms with Gasteiger partial charge in [0.2, 0.25) is 10.0 Å². The van der Waals surface area contributed by atoms with Crippen LogP contribution in [-0.4, -0.2) is 29.8 Å². The van der Waals surface area contributed by atoms with E-state index in [1.165, 1.54) is 0 Å². The van der Waals surface area contributed by atoms with Crippen LogP contribution in [-0.2, 0) is 22.4 Å². The Balaban J connectivity index is 2.46. The maximum absolute atomic E-state index is 11.5. The number of hydrogen-bond donors (Lipinski definition) is 1. The van der Waals surface area contributed by atoms with Gasteiger partial charge in [0.15, 0.2) is 0 Å². The SMILES string of the molecule is CC(C)(Cn1c(CCl)nc2cc(Br)ccc21)NS(C)(=O)=O. The molecule has 116 valence electrons. The van der Waals surface area contributed by atoms with E-state index < -0.39 is 15.6 Å². The quantitative estimate of drug-likeness (QED) is 0.793. The highest BCUT2D eigenvalue weighted by molar-refractivity contribution is 9.10. The normalized spacial score (nSPS) is 13.0. The van der Waals surface area contributed by atoms with Crippen molar-refractivity contribution in [3.63, 3.8) is 0 Å². The molecule has 0 aliphatic carbocycles. The van der Waals surface area contributed by atoms with Gasteiger partial charge in [-0.15, -0.1) is 11.6 Å². The number of nitrogens with one attached hydrogen (secondary N) is 1. The highest BCUT2D eigenvalue weighted by Gasteiger charge is 2.25. The summed E-state index contributed by atoms with van der Waals surface area (Å²) in [6, 6.07) is 5.79. The Morgan fingerprint density at radius 3 is 2.67 bits per heavy atom. The van der Waals surface area contributed by atoms with Crippen LogP contribution in [0.3, 0.4) is 0 Å². The number of alkyl halides is 1. The van der Waals surface area contributed by atoms with Crippen LogP contribution in [0.15, 0.2) is 22.7 Å². The van der Waals surface area contributed by atoms with Crippen molar-refractivity contribution in [3.05, 3.63) is 28.5 Å². The molecule has 8 heteroatoms. The molecule has 1 N–H and O–H groups in total. The van der Waals surface area contributed by atoms with Gasteiger partial charge in [-0.3, -0.25) is 0 Å². The van der Waals surface area contributed by atoms with Gasteiger partial charge in [-0.2, -0.15) is 0 Å². The van der Waals surface area contributed by atoms with Gasteiger partial charge in [0, 0.05) is 16.6 Å². The van der Waals surface area contributed by atoms with Gasteiger partial charge in [0.05, 0.1) is 23.2 Å². The summed E-state index contributed by atoms with van der Waals surface area (Å²) in [4.78, 5) is 4.50. The Morgan fingerprint density at radius 2 is 2.10 bits per heavy atom. The predicted molar refractivity (Wildman–Crippen MR) is 89.0 cm³/mol. The van der Waals surface area contributed by atoms with Crippen LogP contribution in [0.1, 0.15) is 19.7 Å². The smallest absolute Gasteiger partial charge is 0.209 e. The van der Waals surface area contributed by atoms with Crippen molar-refractivity contribution in [2.75, 3.05) is 6.26 Å². The minimum absolute atomic E-state index is 0.265. The summed E-state index contributed by atoms with van der Waals surface area (Å²) in [5.74, 6) is 0.981. The van der Waals surface area contributed by atoms with E-state index >= 15 is 0 Å². The van der Waals surface area contributed by atoms with Crippen molar-refractivity contribution in [2.45, 2.75) is 31.8 Å². The number of hydrogen-bond acceptors (Lipinski definition) is 3. The van der Waals surface area contributed by atoms with Gasteiger partial charge >= 0.3 is 0 Å². The molecule has 5 nitrogen and oxygen atoms in total. The molecule has 2 rings (SSSR count). The number of aromatic nitrogens is 2. The number of rotatable bonds is 5. The van der Waals surface area contributed by atoms with Crippen LogP contribution in [0.5, 0.6) is 0 Å². The number of fused-ring (bicyclic) bond motifs is 1. The molecule has 2 aromatic rings. The van der Waals surface area contributed by atoms with Crippen molar-refractivity contribution in [3.8, 4) is 0 Å². The zero-order valence-electron chi connectivity index (χ0n) is 12.0. The Bertz CT molecular complexity index is 771. The number of imidazole rings is 1. The third kappa shape index (κ3) is 4.18. The standard InChI is InChI=1S/C13H17BrClN3O2S/c1-13(2,17-21(3,19)20)8-18-11-5-4-9(14)6-10(11)16-12(18)7-15/h4-6,17H,7-8H2,1-3H3. The lowest BCUT2D eigenvalue weighted by molar-refractivity contribution is 0.392. The van der Waals surface area contributed by atoms with E-state index in [0.717, 1.165) is 21.8 Å². The maximum atomic E-state index is 11.5. The molecular weight excluding hydrogens is 378 g/mol. The molecule has 0 bridgehead atoms. The van der Waals surface area contributed by atoms with Gasteiger partial charge in [-0.05, 0) is 32.0 Å². The Morgan fingerprint density at radius 1 is 1.43 bits per heavy atom. The van der Waals surface area contributed by atoms with E-state index in [1.54, 1.807) is 0 Å². The maximum Gasteiger partial charge on any atom is 0.209 e. The molecule has 0 spiro atoms. The summed E-state index contributed by atoms with van der Waals surface area (Å²) in [5, 5.41) is 0. The molecule has 1 heterocycles. The summed E-state index contributed by atoms with van der Waals surface area (Å²) < 4.78 is 28.5. The first kappa shape index (κ1) is 16.7. The molecule has 0 amide bonds. The van der Waals surface area contributed by atoms with E-state index in [9.17, 15) is 8.42 Å². The number of nitrogens with zero attached hydrogens (tertiary/aromatic N) is 2. The summed E-state index contributed by atoms with van der Waals surface area (Å²) >= 11 is 9.39. The molecule has 0 aliphatic heterocycles. The van der Waals surface area contributed by atoms with Crippen LogP contribution in [0, 0.1) is 0 Å². The molecule has 1 aromatic heterocycles. The average Bonchev–Trinajstić information content (AvgIpc) is 2.62.